The summed E-state index contributed by atoms with van der Waals surface area (Å²) in [7, 11) is 0. The third-order valence-electron chi connectivity index (χ3n) is 2.72. The fourth-order valence-corrected chi connectivity index (χ4v) is 1.72. The fourth-order valence-electron chi connectivity index (χ4n) is 1.72. The number of hydrogen-bond donors (Lipinski definition) is 1. The van der Waals surface area contributed by atoms with Gasteiger partial charge >= 0.3 is 0 Å². The summed E-state index contributed by atoms with van der Waals surface area (Å²) in [5, 5.41) is 2.78. The Morgan fingerprint density at radius 2 is 1.79 bits per heavy atom. The van der Waals surface area contributed by atoms with Crippen LogP contribution in [-0.4, -0.2) is 40.8 Å². The van der Waals surface area contributed by atoms with Crippen LogP contribution in [0.4, 0.5) is 0 Å². The number of amides is 2. The molecular weight excluding hydrogens is 242 g/mol. The van der Waals surface area contributed by atoms with Crippen LogP contribution < -0.4 is 5.32 Å². The lowest BCUT2D eigenvalue weighted by atomic mass is 10.1. The van der Waals surface area contributed by atoms with E-state index in [9.17, 15) is 9.59 Å². The molecule has 0 spiro atoms. The molecule has 0 atom stereocenters. The third kappa shape index (κ3) is 4.05. The van der Waals surface area contributed by atoms with Gasteiger partial charge in [-0.05, 0) is 33.8 Å². The fraction of sp³-hybridized carbons (Fsp3) is 0.500. The predicted octanol–water partition coefficient (Wildman–Crippen LogP) is 1.70. The molecule has 0 aliphatic heterocycles. The number of carbonyl (C=O) groups excluding carboxylic acids is 2. The van der Waals surface area contributed by atoms with E-state index in [1.54, 1.807) is 11.0 Å². The summed E-state index contributed by atoms with van der Waals surface area (Å²) in [5.41, 5.74) is 0.854. The van der Waals surface area contributed by atoms with Crippen molar-refractivity contribution in [1.29, 1.82) is 0 Å². The molecular formula is C14H21N3O2. The van der Waals surface area contributed by atoms with Crippen molar-refractivity contribution in [2.45, 2.75) is 33.7 Å². The highest BCUT2D eigenvalue weighted by Gasteiger charge is 2.15. The molecule has 1 aromatic heterocycles. The van der Waals surface area contributed by atoms with Crippen LogP contribution >= 0.6 is 0 Å². The number of aromatic nitrogens is 1. The van der Waals surface area contributed by atoms with Crippen molar-refractivity contribution in [1.82, 2.24) is 15.2 Å². The molecule has 0 bridgehead atoms. The number of rotatable bonds is 5. The molecule has 1 heterocycles. The smallest absolute Gasteiger partial charge is 0.255 e. The first-order chi connectivity index (χ1) is 8.99. The largest absolute Gasteiger partial charge is 0.350 e. The van der Waals surface area contributed by atoms with E-state index >= 15 is 0 Å². The van der Waals surface area contributed by atoms with E-state index in [1.807, 2.05) is 27.7 Å². The summed E-state index contributed by atoms with van der Waals surface area (Å²) in [6.07, 6.45) is 2.96. The van der Waals surface area contributed by atoms with Crippen LogP contribution in [0.15, 0.2) is 18.5 Å². The molecule has 0 fully saturated rings. The Bertz CT molecular complexity index is 454. The zero-order valence-electron chi connectivity index (χ0n) is 11.9. The van der Waals surface area contributed by atoms with E-state index in [0.717, 1.165) is 0 Å². The molecule has 0 saturated heterocycles. The first-order valence-electron chi connectivity index (χ1n) is 6.54. The molecule has 5 heteroatoms. The van der Waals surface area contributed by atoms with E-state index in [-0.39, 0.29) is 17.9 Å². The first-order valence-corrected chi connectivity index (χ1v) is 6.54. The van der Waals surface area contributed by atoms with E-state index in [4.69, 9.17) is 0 Å². The van der Waals surface area contributed by atoms with Crippen molar-refractivity contribution in [2.75, 3.05) is 13.1 Å². The Morgan fingerprint density at radius 3 is 2.32 bits per heavy atom. The summed E-state index contributed by atoms with van der Waals surface area (Å²) in [5.74, 6) is -0.312. The van der Waals surface area contributed by atoms with Gasteiger partial charge < -0.3 is 10.2 Å². The van der Waals surface area contributed by atoms with E-state index in [0.29, 0.717) is 24.2 Å². The molecule has 19 heavy (non-hydrogen) atoms. The summed E-state index contributed by atoms with van der Waals surface area (Å²) in [4.78, 5) is 29.7. The van der Waals surface area contributed by atoms with Gasteiger partial charge in [0.1, 0.15) is 0 Å². The molecule has 0 saturated carbocycles. The maximum absolute atomic E-state index is 12.2. The molecule has 0 aromatic carbocycles. The van der Waals surface area contributed by atoms with Gasteiger partial charge in [-0.15, -0.1) is 0 Å². The Balaban J connectivity index is 2.94. The second-order valence-corrected chi connectivity index (χ2v) is 4.57. The molecule has 2 amide bonds. The molecule has 5 nitrogen and oxygen atoms in total. The van der Waals surface area contributed by atoms with Gasteiger partial charge in [-0.1, -0.05) is 0 Å². The minimum atomic E-state index is -0.211. The van der Waals surface area contributed by atoms with E-state index in [2.05, 4.69) is 10.3 Å². The lowest BCUT2D eigenvalue weighted by Crippen LogP contribution is -2.32. The number of nitrogens with one attached hydrogen (secondary N) is 1. The number of nitrogens with zero attached hydrogens (tertiary/aromatic N) is 2. The van der Waals surface area contributed by atoms with Crippen LogP contribution in [0, 0.1) is 0 Å². The highest BCUT2D eigenvalue weighted by molar-refractivity contribution is 5.99. The molecule has 0 unspecified atom stereocenters. The lowest BCUT2D eigenvalue weighted by Gasteiger charge is -2.18. The van der Waals surface area contributed by atoms with Gasteiger partial charge in [0.05, 0.1) is 11.1 Å². The quantitative estimate of drug-likeness (QED) is 0.879. The topological polar surface area (TPSA) is 62.3 Å². The Kier molecular flexibility index (Phi) is 5.48. The average molecular weight is 263 g/mol. The van der Waals surface area contributed by atoms with Gasteiger partial charge in [0.25, 0.3) is 11.8 Å². The highest BCUT2D eigenvalue weighted by atomic mass is 16.2. The summed E-state index contributed by atoms with van der Waals surface area (Å²) in [6, 6.07) is 1.64. The Hall–Kier alpha value is -1.91. The molecule has 1 aromatic rings. The normalized spacial score (nSPS) is 10.4. The van der Waals surface area contributed by atoms with Gasteiger partial charge in [-0.3, -0.25) is 14.6 Å². The molecule has 0 aliphatic carbocycles. The van der Waals surface area contributed by atoms with Crippen LogP contribution in [0.1, 0.15) is 48.4 Å². The summed E-state index contributed by atoms with van der Waals surface area (Å²) >= 11 is 0. The molecule has 0 aliphatic rings. The van der Waals surface area contributed by atoms with Crippen LogP contribution in [0.2, 0.25) is 0 Å². The van der Waals surface area contributed by atoms with Crippen LogP contribution in [-0.2, 0) is 0 Å². The van der Waals surface area contributed by atoms with Crippen LogP contribution in [0.5, 0.6) is 0 Å². The van der Waals surface area contributed by atoms with Gasteiger partial charge in [-0.25, -0.2) is 0 Å². The summed E-state index contributed by atoms with van der Waals surface area (Å²) < 4.78 is 0. The number of pyridine rings is 1. The van der Waals surface area contributed by atoms with Crippen molar-refractivity contribution in [3.8, 4) is 0 Å². The van der Waals surface area contributed by atoms with Gasteiger partial charge in [-0.2, -0.15) is 0 Å². The standard InChI is InChI=1S/C14H21N3O2/c1-5-17(6-2)14(19)12-7-11(8-15-9-12)13(18)16-10(3)4/h7-10H,5-6H2,1-4H3,(H,16,18). The zero-order chi connectivity index (χ0) is 14.4. The second-order valence-electron chi connectivity index (χ2n) is 4.57. The SMILES string of the molecule is CCN(CC)C(=O)c1cncc(C(=O)NC(C)C)c1. The third-order valence-corrected chi connectivity index (χ3v) is 2.72. The van der Waals surface area contributed by atoms with Crippen molar-refractivity contribution in [3.05, 3.63) is 29.6 Å². The zero-order valence-corrected chi connectivity index (χ0v) is 11.9. The first kappa shape index (κ1) is 15.1. The minimum Gasteiger partial charge on any atom is -0.350 e. The molecule has 104 valence electrons. The lowest BCUT2D eigenvalue weighted by molar-refractivity contribution is 0.0772. The van der Waals surface area contributed by atoms with Gasteiger partial charge in [0.2, 0.25) is 0 Å². The average Bonchev–Trinajstić information content (AvgIpc) is 2.39. The maximum Gasteiger partial charge on any atom is 0.255 e. The highest BCUT2D eigenvalue weighted by Crippen LogP contribution is 2.07. The van der Waals surface area contributed by atoms with Gasteiger partial charge in [0.15, 0.2) is 0 Å². The monoisotopic (exact) mass is 263 g/mol. The van der Waals surface area contributed by atoms with E-state index < -0.39 is 0 Å². The predicted molar refractivity (Wildman–Crippen MR) is 74.1 cm³/mol. The maximum atomic E-state index is 12.2. The number of carbonyl (C=O) groups is 2. The van der Waals surface area contributed by atoms with Gasteiger partial charge in [0, 0.05) is 31.5 Å². The molecule has 1 rings (SSSR count). The number of hydrogen-bond acceptors (Lipinski definition) is 3. The molecule has 0 radical (unpaired) electrons. The minimum absolute atomic E-state index is 0.0506. The molecule has 1 N–H and O–H groups in total. The van der Waals surface area contributed by atoms with Crippen molar-refractivity contribution >= 4 is 11.8 Å². The van der Waals surface area contributed by atoms with Crippen LogP contribution in [0.25, 0.3) is 0 Å². The van der Waals surface area contributed by atoms with Crippen molar-refractivity contribution < 1.29 is 9.59 Å². The Morgan fingerprint density at radius 1 is 1.21 bits per heavy atom. The second kappa shape index (κ2) is 6.87. The van der Waals surface area contributed by atoms with Crippen LogP contribution in [0.3, 0.4) is 0 Å². The Labute approximate surface area is 114 Å². The summed E-state index contributed by atoms with van der Waals surface area (Å²) in [6.45, 7) is 8.89. The van der Waals surface area contributed by atoms with E-state index in [1.165, 1.54) is 12.4 Å². The van der Waals surface area contributed by atoms with Crippen molar-refractivity contribution in [3.63, 3.8) is 0 Å². The van der Waals surface area contributed by atoms with Crippen molar-refractivity contribution in [2.24, 2.45) is 0 Å².